The number of rotatable bonds is 8. The molecule has 0 saturated heterocycles. The fraction of sp³-hybridized carbons (Fsp3) is 0.458. The third-order valence-electron chi connectivity index (χ3n) is 5.79. The summed E-state index contributed by atoms with van der Waals surface area (Å²) >= 11 is 0. The highest BCUT2D eigenvalue weighted by atomic mass is 16.5. The number of ether oxygens (including phenoxy) is 2. The summed E-state index contributed by atoms with van der Waals surface area (Å²) in [6.45, 7) is 7.85. The molecule has 0 bridgehead atoms. The number of guanidine groups is 1. The zero-order chi connectivity index (χ0) is 21.6. The molecule has 6 heteroatoms. The molecule has 1 aliphatic rings. The summed E-state index contributed by atoms with van der Waals surface area (Å²) in [5.41, 5.74) is 10.1. The third-order valence-corrected chi connectivity index (χ3v) is 5.79. The lowest BCUT2D eigenvalue weighted by Gasteiger charge is -2.40. The SMILES string of the molecule is COc1ccc(CCNC(N)=NCC(C)(C)N2CCc3ccccc3C2)cc1OC. The van der Waals surface area contributed by atoms with Crippen LogP contribution in [0.2, 0.25) is 0 Å². The minimum atomic E-state index is -0.0524. The molecule has 1 heterocycles. The van der Waals surface area contributed by atoms with Crippen molar-refractivity contribution in [3.8, 4) is 11.5 Å². The maximum atomic E-state index is 6.13. The van der Waals surface area contributed by atoms with Gasteiger partial charge >= 0.3 is 0 Å². The summed E-state index contributed by atoms with van der Waals surface area (Å²) in [5.74, 6) is 1.96. The molecule has 1 aliphatic heterocycles. The van der Waals surface area contributed by atoms with Crippen LogP contribution in [-0.2, 0) is 19.4 Å². The molecule has 6 nitrogen and oxygen atoms in total. The van der Waals surface area contributed by atoms with Crippen molar-refractivity contribution < 1.29 is 9.47 Å². The maximum Gasteiger partial charge on any atom is 0.188 e. The number of benzene rings is 2. The molecule has 0 aromatic heterocycles. The Morgan fingerprint density at radius 2 is 1.83 bits per heavy atom. The van der Waals surface area contributed by atoms with E-state index in [4.69, 9.17) is 15.2 Å². The van der Waals surface area contributed by atoms with Gasteiger partial charge in [0.2, 0.25) is 0 Å². The zero-order valence-electron chi connectivity index (χ0n) is 18.6. The van der Waals surface area contributed by atoms with Crippen molar-refractivity contribution in [3.63, 3.8) is 0 Å². The quantitative estimate of drug-likeness (QED) is 0.517. The van der Waals surface area contributed by atoms with Gasteiger partial charge in [-0.3, -0.25) is 9.89 Å². The van der Waals surface area contributed by atoms with Crippen molar-refractivity contribution in [3.05, 3.63) is 59.2 Å². The Morgan fingerprint density at radius 1 is 1.10 bits per heavy atom. The van der Waals surface area contributed by atoms with Gasteiger partial charge in [-0.25, -0.2) is 0 Å². The second-order valence-electron chi connectivity index (χ2n) is 8.32. The third kappa shape index (κ3) is 5.45. The fourth-order valence-corrected chi connectivity index (χ4v) is 3.82. The summed E-state index contributed by atoms with van der Waals surface area (Å²) < 4.78 is 10.6. The Hall–Kier alpha value is -2.73. The first-order valence-corrected chi connectivity index (χ1v) is 10.5. The molecule has 3 rings (SSSR count). The number of nitrogens with one attached hydrogen (secondary N) is 1. The van der Waals surface area contributed by atoms with Crippen molar-refractivity contribution in [1.82, 2.24) is 10.2 Å². The van der Waals surface area contributed by atoms with Crippen LogP contribution < -0.4 is 20.5 Å². The van der Waals surface area contributed by atoms with Crippen molar-refractivity contribution in [2.45, 2.75) is 38.8 Å². The number of aliphatic imine (C=N–C) groups is 1. The molecule has 0 atom stereocenters. The molecule has 3 N–H and O–H groups in total. The standard InChI is InChI=1S/C24H34N4O2/c1-24(2,28-14-12-19-7-5-6-8-20(19)16-28)17-27-23(25)26-13-11-18-9-10-21(29-3)22(15-18)30-4/h5-10,15H,11-14,16-17H2,1-4H3,(H3,25,26,27). The highest BCUT2D eigenvalue weighted by Gasteiger charge is 2.29. The molecule has 0 radical (unpaired) electrons. The van der Waals surface area contributed by atoms with E-state index in [0.29, 0.717) is 19.0 Å². The van der Waals surface area contributed by atoms with E-state index in [1.54, 1.807) is 14.2 Å². The van der Waals surface area contributed by atoms with E-state index in [1.807, 2.05) is 18.2 Å². The molecule has 0 saturated carbocycles. The van der Waals surface area contributed by atoms with Crippen molar-refractivity contribution in [2.24, 2.45) is 10.7 Å². The highest BCUT2D eigenvalue weighted by molar-refractivity contribution is 5.77. The molecule has 2 aromatic carbocycles. The maximum absolute atomic E-state index is 6.13. The summed E-state index contributed by atoms with van der Waals surface area (Å²) in [5, 5.41) is 3.23. The minimum Gasteiger partial charge on any atom is -0.493 e. The van der Waals surface area contributed by atoms with Gasteiger partial charge in [-0.15, -0.1) is 0 Å². The molecule has 0 amide bonds. The molecular weight excluding hydrogens is 376 g/mol. The van der Waals surface area contributed by atoms with E-state index >= 15 is 0 Å². The van der Waals surface area contributed by atoms with Crippen LogP contribution in [0.25, 0.3) is 0 Å². The van der Waals surface area contributed by atoms with E-state index in [9.17, 15) is 0 Å². The predicted octanol–water partition coefficient (Wildman–Crippen LogP) is 2.99. The second kappa shape index (κ2) is 9.85. The number of methoxy groups -OCH3 is 2. The van der Waals surface area contributed by atoms with Crippen molar-refractivity contribution in [2.75, 3.05) is 33.9 Å². The molecule has 30 heavy (non-hydrogen) atoms. The van der Waals surface area contributed by atoms with E-state index in [2.05, 4.69) is 53.3 Å². The first kappa shape index (κ1) is 22.0. The van der Waals surface area contributed by atoms with Crippen LogP contribution in [0.1, 0.15) is 30.5 Å². The van der Waals surface area contributed by atoms with Gasteiger partial charge in [-0.1, -0.05) is 30.3 Å². The van der Waals surface area contributed by atoms with Crippen LogP contribution in [0, 0.1) is 0 Å². The molecule has 2 aromatic rings. The summed E-state index contributed by atoms with van der Waals surface area (Å²) in [7, 11) is 3.29. The molecule has 162 valence electrons. The lowest BCUT2D eigenvalue weighted by Crippen LogP contribution is -2.49. The zero-order valence-corrected chi connectivity index (χ0v) is 18.6. The number of fused-ring (bicyclic) bond motifs is 1. The van der Waals surface area contributed by atoms with Crippen LogP contribution in [0.5, 0.6) is 11.5 Å². The molecular formula is C24H34N4O2. The molecule has 0 aliphatic carbocycles. The molecule has 0 unspecified atom stereocenters. The van der Waals surface area contributed by atoms with Crippen molar-refractivity contribution >= 4 is 5.96 Å². The summed E-state index contributed by atoms with van der Waals surface area (Å²) in [6, 6.07) is 14.7. The monoisotopic (exact) mass is 410 g/mol. The number of nitrogens with zero attached hydrogens (tertiary/aromatic N) is 2. The van der Waals surface area contributed by atoms with E-state index < -0.39 is 0 Å². The lowest BCUT2D eigenvalue weighted by molar-refractivity contribution is 0.112. The first-order valence-electron chi connectivity index (χ1n) is 10.5. The van der Waals surface area contributed by atoms with Gasteiger partial charge in [-0.2, -0.15) is 0 Å². The summed E-state index contributed by atoms with van der Waals surface area (Å²) in [4.78, 5) is 7.11. The van der Waals surface area contributed by atoms with Gasteiger partial charge in [0, 0.05) is 25.2 Å². The van der Waals surface area contributed by atoms with Crippen LogP contribution in [-0.4, -0.2) is 50.3 Å². The Labute approximate surface area is 180 Å². The molecule has 0 fully saturated rings. The van der Waals surface area contributed by atoms with Crippen LogP contribution in [0.3, 0.4) is 0 Å². The van der Waals surface area contributed by atoms with Crippen LogP contribution >= 0.6 is 0 Å². The normalized spacial score (nSPS) is 14.9. The highest BCUT2D eigenvalue weighted by Crippen LogP contribution is 2.28. The number of hydrogen-bond acceptors (Lipinski definition) is 4. The topological polar surface area (TPSA) is 72.1 Å². The Balaban J connectivity index is 1.50. The number of nitrogens with two attached hydrogens (primary N) is 1. The van der Waals surface area contributed by atoms with Crippen molar-refractivity contribution in [1.29, 1.82) is 0 Å². The second-order valence-corrected chi connectivity index (χ2v) is 8.32. The lowest BCUT2D eigenvalue weighted by atomic mass is 9.94. The van der Waals surface area contributed by atoms with Gasteiger partial charge in [-0.05, 0) is 55.5 Å². The van der Waals surface area contributed by atoms with E-state index in [0.717, 1.165) is 43.0 Å². The Morgan fingerprint density at radius 3 is 2.57 bits per heavy atom. The van der Waals surface area contributed by atoms with Crippen LogP contribution in [0.15, 0.2) is 47.5 Å². The predicted molar refractivity (Wildman–Crippen MR) is 122 cm³/mol. The average Bonchev–Trinajstić information content (AvgIpc) is 2.77. The van der Waals surface area contributed by atoms with Crippen LogP contribution in [0.4, 0.5) is 0 Å². The largest absolute Gasteiger partial charge is 0.493 e. The summed E-state index contributed by atoms with van der Waals surface area (Å²) in [6.07, 6.45) is 1.91. The van der Waals surface area contributed by atoms with E-state index in [1.165, 1.54) is 11.1 Å². The Bertz CT molecular complexity index is 879. The smallest absolute Gasteiger partial charge is 0.188 e. The minimum absolute atomic E-state index is 0.0524. The van der Waals surface area contributed by atoms with Gasteiger partial charge in [0.25, 0.3) is 0 Å². The number of hydrogen-bond donors (Lipinski definition) is 2. The average molecular weight is 411 g/mol. The van der Waals surface area contributed by atoms with Gasteiger partial charge in [0.15, 0.2) is 17.5 Å². The molecule has 0 spiro atoms. The first-order chi connectivity index (χ1) is 14.4. The van der Waals surface area contributed by atoms with Gasteiger partial charge in [0.1, 0.15) is 0 Å². The van der Waals surface area contributed by atoms with Gasteiger partial charge in [0.05, 0.1) is 20.8 Å². The van der Waals surface area contributed by atoms with Gasteiger partial charge < -0.3 is 20.5 Å². The van der Waals surface area contributed by atoms with E-state index in [-0.39, 0.29) is 5.54 Å². The Kier molecular flexibility index (Phi) is 7.21. The fourth-order valence-electron chi connectivity index (χ4n) is 3.82.